The van der Waals surface area contributed by atoms with Gasteiger partial charge in [0.15, 0.2) is 6.23 Å². The number of rotatable bonds is 17. The molecule has 2 rings (SSSR count). The van der Waals surface area contributed by atoms with Crippen LogP contribution in [0.3, 0.4) is 0 Å². The van der Waals surface area contributed by atoms with Gasteiger partial charge in [0.1, 0.15) is 12.7 Å². The lowest BCUT2D eigenvalue weighted by Gasteiger charge is -2.15. The van der Waals surface area contributed by atoms with Crippen LogP contribution in [0, 0.1) is 0 Å². The van der Waals surface area contributed by atoms with Gasteiger partial charge in [0, 0.05) is 18.7 Å². The van der Waals surface area contributed by atoms with Crippen LogP contribution in [-0.4, -0.2) is 28.2 Å². The standard InChI is InChI=1S/C25H40N2O5/c1-2-3-4-5-6-7-8-9-10-11-12-13-14-15-24(29)31-20-21-16-17-23(32-21)27-19-18-22(28)26-25(27)30/h16-19,21,23H,2-15,20H2,1H3,(H,26,28,30)/t21-,23+/m0/s1. The molecule has 7 heteroatoms. The lowest BCUT2D eigenvalue weighted by Crippen LogP contribution is -2.32. The second-order valence-electron chi connectivity index (χ2n) is 8.64. The van der Waals surface area contributed by atoms with Crippen molar-refractivity contribution < 1.29 is 14.3 Å². The molecule has 2 heterocycles. The topological polar surface area (TPSA) is 90.4 Å². The van der Waals surface area contributed by atoms with Crippen molar-refractivity contribution in [1.82, 2.24) is 9.55 Å². The first-order chi connectivity index (χ1) is 15.6. The zero-order valence-electron chi connectivity index (χ0n) is 19.6. The van der Waals surface area contributed by atoms with Gasteiger partial charge in [-0.05, 0) is 12.5 Å². The molecule has 1 aromatic rings. The van der Waals surface area contributed by atoms with E-state index >= 15 is 0 Å². The van der Waals surface area contributed by atoms with Crippen molar-refractivity contribution in [3.05, 3.63) is 45.3 Å². The highest BCUT2D eigenvalue weighted by molar-refractivity contribution is 5.69. The molecule has 7 nitrogen and oxygen atoms in total. The lowest BCUT2D eigenvalue weighted by molar-refractivity contribution is -0.147. The number of nitrogens with one attached hydrogen (secondary N) is 1. The van der Waals surface area contributed by atoms with E-state index in [2.05, 4.69) is 11.9 Å². The van der Waals surface area contributed by atoms with E-state index in [9.17, 15) is 14.4 Å². The summed E-state index contributed by atoms with van der Waals surface area (Å²) in [6, 6.07) is 1.27. The summed E-state index contributed by atoms with van der Waals surface area (Å²) in [5, 5.41) is 0. The first-order valence-electron chi connectivity index (χ1n) is 12.4. The van der Waals surface area contributed by atoms with E-state index in [1.54, 1.807) is 12.2 Å². The normalized spacial score (nSPS) is 17.7. The van der Waals surface area contributed by atoms with E-state index in [1.165, 1.54) is 87.5 Å². The summed E-state index contributed by atoms with van der Waals surface area (Å²) in [6.45, 7) is 2.38. The van der Waals surface area contributed by atoms with E-state index in [-0.39, 0.29) is 12.6 Å². The highest BCUT2D eigenvalue weighted by Gasteiger charge is 2.22. The summed E-state index contributed by atoms with van der Waals surface area (Å²) in [5.41, 5.74) is -0.987. The van der Waals surface area contributed by atoms with Gasteiger partial charge in [-0.2, -0.15) is 0 Å². The Morgan fingerprint density at radius 2 is 1.53 bits per heavy atom. The summed E-state index contributed by atoms with van der Waals surface area (Å²) in [4.78, 5) is 37.1. The molecule has 180 valence electrons. The zero-order chi connectivity index (χ0) is 23.0. The summed E-state index contributed by atoms with van der Waals surface area (Å²) in [7, 11) is 0. The van der Waals surface area contributed by atoms with Gasteiger partial charge < -0.3 is 9.47 Å². The third kappa shape index (κ3) is 10.4. The van der Waals surface area contributed by atoms with Gasteiger partial charge >= 0.3 is 11.7 Å². The third-order valence-corrected chi connectivity index (χ3v) is 5.82. The van der Waals surface area contributed by atoms with E-state index in [4.69, 9.17) is 9.47 Å². The number of nitrogens with zero attached hydrogens (tertiary/aromatic N) is 1. The Balaban J connectivity index is 1.43. The molecule has 0 radical (unpaired) electrons. The molecular formula is C25H40N2O5. The summed E-state index contributed by atoms with van der Waals surface area (Å²) in [6.07, 6.45) is 20.8. The molecule has 0 aromatic carbocycles. The predicted molar refractivity (Wildman–Crippen MR) is 126 cm³/mol. The van der Waals surface area contributed by atoms with E-state index in [0.717, 1.165) is 12.8 Å². The van der Waals surface area contributed by atoms with Crippen LogP contribution >= 0.6 is 0 Å². The first kappa shape index (κ1) is 26.1. The van der Waals surface area contributed by atoms with Gasteiger partial charge in [-0.1, -0.05) is 90.0 Å². The second kappa shape index (κ2) is 15.6. The van der Waals surface area contributed by atoms with E-state index in [0.29, 0.717) is 6.42 Å². The Morgan fingerprint density at radius 1 is 0.938 bits per heavy atom. The molecule has 32 heavy (non-hydrogen) atoms. The number of carbonyl (C=O) groups excluding carboxylic acids is 1. The third-order valence-electron chi connectivity index (χ3n) is 5.82. The first-order valence-corrected chi connectivity index (χ1v) is 12.4. The maximum atomic E-state index is 11.9. The fourth-order valence-electron chi connectivity index (χ4n) is 3.90. The summed E-state index contributed by atoms with van der Waals surface area (Å²) in [5.74, 6) is -0.213. The fourth-order valence-corrected chi connectivity index (χ4v) is 3.90. The van der Waals surface area contributed by atoms with Crippen molar-refractivity contribution in [3.8, 4) is 0 Å². The minimum absolute atomic E-state index is 0.127. The van der Waals surface area contributed by atoms with Gasteiger partial charge in [0.25, 0.3) is 5.56 Å². The van der Waals surface area contributed by atoms with E-state index < -0.39 is 23.6 Å². The lowest BCUT2D eigenvalue weighted by atomic mass is 10.0. The molecule has 0 fully saturated rings. The number of esters is 1. The molecule has 0 saturated heterocycles. The van der Waals surface area contributed by atoms with Crippen molar-refractivity contribution >= 4 is 5.97 Å². The van der Waals surface area contributed by atoms with Crippen molar-refractivity contribution in [3.63, 3.8) is 0 Å². The van der Waals surface area contributed by atoms with Gasteiger partial charge in [-0.3, -0.25) is 19.1 Å². The van der Waals surface area contributed by atoms with Crippen molar-refractivity contribution in [2.75, 3.05) is 6.61 Å². The SMILES string of the molecule is CCCCCCCCCCCCCCCC(=O)OC[C@@H]1C=C[C@H](n2ccc(=O)[nH]c2=O)O1. The maximum Gasteiger partial charge on any atom is 0.330 e. The van der Waals surface area contributed by atoms with Gasteiger partial charge in [-0.15, -0.1) is 0 Å². The molecule has 0 aliphatic carbocycles. The van der Waals surface area contributed by atoms with Crippen LogP contribution in [-0.2, 0) is 14.3 Å². The number of aromatic amines is 1. The Labute approximate surface area is 191 Å². The smallest absolute Gasteiger partial charge is 0.330 e. The Bertz CT molecular complexity index is 798. The largest absolute Gasteiger partial charge is 0.463 e. The molecular weight excluding hydrogens is 408 g/mol. The number of ether oxygens (including phenoxy) is 2. The Hall–Kier alpha value is -2.15. The van der Waals surface area contributed by atoms with Crippen LogP contribution in [0.1, 0.15) is 103 Å². The van der Waals surface area contributed by atoms with E-state index in [1.807, 2.05) is 0 Å². The Morgan fingerprint density at radius 3 is 2.12 bits per heavy atom. The van der Waals surface area contributed by atoms with Crippen LogP contribution in [0.15, 0.2) is 34.0 Å². The van der Waals surface area contributed by atoms with Crippen molar-refractivity contribution in [2.45, 2.75) is 109 Å². The van der Waals surface area contributed by atoms with Crippen LogP contribution in [0.25, 0.3) is 0 Å². The van der Waals surface area contributed by atoms with Crippen molar-refractivity contribution in [2.24, 2.45) is 0 Å². The second-order valence-corrected chi connectivity index (χ2v) is 8.64. The molecule has 1 N–H and O–H groups in total. The molecule has 0 amide bonds. The van der Waals surface area contributed by atoms with Crippen LogP contribution in [0.2, 0.25) is 0 Å². The average molecular weight is 449 g/mol. The van der Waals surface area contributed by atoms with Crippen LogP contribution < -0.4 is 11.2 Å². The van der Waals surface area contributed by atoms with Crippen molar-refractivity contribution in [1.29, 1.82) is 0 Å². The Kier molecular flexibility index (Phi) is 12.7. The average Bonchev–Trinajstić information content (AvgIpc) is 3.24. The molecule has 0 saturated carbocycles. The minimum atomic E-state index is -0.607. The number of hydrogen-bond acceptors (Lipinski definition) is 5. The van der Waals surface area contributed by atoms with Gasteiger partial charge in [-0.25, -0.2) is 4.79 Å². The number of unbranched alkanes of at least 4 members (excludes halogenated alkanes) is 12. The van der Waals surface area contributed by atoms with Gasteiger partial charge in [0.05, 0.1) is 0 Å². The number of hydrogen-bond donors (Lipinski definition) is 1. The fraction of sp³-hybridized carbons (Fsp3) is 0.720. The maximum absolute atomic E-state index is 11.9. The minimum Gasteiger partial charge on any atom is -0.463 e. The van der Waals surface area contributed by atoms with Crippen LogP contribution in [0.5, 0.6) is 0 Å². The molecule has 1 aliphatic heterocycles. The van der Waals surface area contributed by atoms with Gasteiger partial charge in [0.2, 0.25) is 0 Å². The highest BCUT2D eigenvalue weighted by Crippen LogP contribution is 2.19. The molecule has 1 aromatic heterocycles. The number of aromatic nitrogens is 2. The zero-order valence-corrected chi connectivity index (χ0v) is 19.6. The molecule has 0 unspecified atom stereocenters. The summed E-state index contributed by atoms with van der Waals surface area (Å²) < 4.78 is 12.3. The molecule has 0 bridgehead atoms. The predicted octanol–water partition coefficient (Wildman–Crippen LogP) is 5.01. The molecule has 0 spiro atoms. The molecule has 2 atom stereocenters. The van der Waals surface area contributed by atoms with Crippen LogP contribution in [0.4, 0.5) is 0 Å². The quantitative estimate of drug-likeness (QED) is 0.205. The highest BCUT2D eigenvalue weighted by atomic mass is 16.6. The monoisotopic (exact) mass is 448 g/mol. The summed E-state index contributed by atoms with van der Waals surface area (Å²) >= 11 is 0. The number of carbonyl (C=O) groups is 1. The molecule has 1 aliphatic rings. The number of H-pyrrole nitrogens is 1.